The van der Waals surface area contributed by atoms with Crippen molar-refractivity contribution in [1.29, 1.82) is 0 Å². The molecule has 1 amide bonds. The van der Waals surface area contributed by atoms with Crippen molar-refractivity contribution in [3.63, 3.8) is 0 Å². The van der Waals surface area contributed by atoms with Crippen molar-refractivity contribution in [2.75, 3.05) is 12.4 Å². The highest BCUT2D eigenvalue weighted by Gasteiger charge is 2.16. The Balaban J connectivity index is 2.18. The van der Waals surface area contributed by atoms with Gasteiger partial charge in [-0.1, -0.05) is 6.07 Å². The Morgan fingerprint density at radius 2 is 1.75 bits per heavy atom. The monoisotopic (exact) mass is 327 g/mol. The van der Waals surface area contributed by atoms with Gasteiger partial charge in [-0.25, -0.2) is 4.79 Å². The van der Waals surface area contributed by atoms with E-state index in [1.54, 1.807) is 30.5 Å². The molecule has 0 saturated carbocycles. The maximum absolute atomic E-state index is 12.2. The van der Waals surface area contributed by atoms with Crippen LogP contribution in [0, 0.1) is 0 Å². The molecule has 0 bridgehead atoms. The minimum atomic E-state index is -0.407. The summed E-state index contributed by atoms with van der Waals surface area (Å²) in [6, 6.07) is 8.61. The average Bonchev–Trinajstić information content (AvgIpc) is 2.53. The van der Waals surface area contributed by atoms with E-state index in [0.29, 0.717) is 22.5 Å². The molecule has 6 nitrogen and oxygen atoms in total. The molecule has 2 rings (SSSR count). The van der Waals surface area contributed by atoms with Gasteiger partial charge in [0, 0.05) is 17.4 Å². The van der Waals surface area contributed by atoms with E-state index < -0.39 is 5.97 Å². The molecule has 1 heterocycles. The van der Waals surface area contributed by atoms with Crippen LogP contribution >= 0.6 is 0 Å². The summed E-state index contributed by atoms with van der Waals surface area (Å²) in [6.07, 6.45) is 3.12. The van der Waals surface area contributed by atoms with Crippen molar-refractivity contribution in [2.24, 2.45) is 0 Å². The molecule has 126 valence electrons. The fourth-order valence-corrected chi connectivity index (χ4v) is 2.05. The summed E-state index contributed by atoms with van der Waals surface area (Å²) in [5, 5.41) is 6.02. The van der Waals surface area contributed by atoms with E-state index in [1.807, 2.05) is 26.8 Å². The molecule has 0 aliphatic carbocycles. The second-order valence-electron chi connectivity index (χ2n) is 6.36. The van der Waals surface area contributed by atoms with Crippen molar-refractivity contribution in [3.05, 3.63) is 53.9 Å². The van der Waals surface area contributed by atoms with E-state index in [2.05, 4.69) is 15.6 Å². The zero-order valence-corrected chi connectivity index (χ0v) is 14.2. The molecule has 6 heteroatoms. The first kappa shape index (κ1) is 17.5. The lowest BCUT2D eigenvalue weighted by atomic mass is 10.1. The molecule has 0 aliphatic heterocycles. The Labute approximate surface area is 141 Å². The van der Waals surface area contributed by atoms with Gasteiger partial charge in [0.2, 0.25) is 0 Å². The van der Waals surface area contributed by atoms with E-state index in [9.17, 15) is 9.59 Å². The summed E-state index contributed by atoms with van der Waals surface area (Å²) in [5.41, 5.74) is 1.93. The van der Waals surface area contributed by atoms with Crippen LogP contribution in [0.1, 0.15) is 41.5 Å². The van der Waals surface area contributed by atoms with Crippen LogP contribution in [0.3, 0.4) is 0 Å². The second kappa shape index (κ2) is 7.12. The number of nitrogens with one attached hydrogen (secondary N) is 2. The fourth-order valence-electron chi connectivity index (χ4n) is 2.05. The molecule has 1 aromatic heterocycles. The summed E-state index contributed by atoms with van der Waals surface area (Å²) in [6.45, 7) is 5.75. The van der Waals surface area contributed by atoms with Crippen LogP contribution in [0.5, 0.6) is 0 Å². The van der Waals surface area contributed by atoms with Gasteiger partial charge in [-0.15, -0.1) is 0 Å². The Bertz CT molecular complexity index is 751. The van der Waals surface area contributed by atoms with Crippen LogP contribution in [0.15, 0.2) is 42.7 Å². The molecular formula is C18H21N3O3. The highest BCUT2D eigenvalue weighted by Crippen LogP contribution is 2.18. The molecule has 0 aliphatic rings. The summed E-state index contributed by atoms with van der Waals surface area (Å²) < 4.78 is 4.71. The first-order chi connectivity index (χ1) is 11.3. The highest BCUT2D eigenvalue weighted by molar-refractivity contribution is 5.95. The minimum absolute atomic E-state index is 0.193. The van der Waals surface area contributed by atoms with Crippen molar-refractivity contribution in [2.45, 2.75) is 26.3 Å². The molecule has 0 fully saturated rings. The number of aromatic nitrogens is 1. The molecular weight excluding hydrogens is 306 g/mol. The average molecular weight is 327 g/mol. The Kier molecular flexibility index (Phi) is 5.18. The Morgan fingerprint density at radius 1 is 1.04 bits per heavy atom. The van der Waals surface area contributed by atoms with Gasteiger partial charge in [0.15, 0.2) is 0 Å². The lowest BCUT2D eigenvalue weighted by Gasteiger charge is -2.20. The fraction of sp³-hybridized carbons (Fsp3) is 0.278. The summed E-state index contributed by atoms with van der Waals surface area (Å²) in [7, 11) is 1.34. The first-order valence-corrected chi connectivity index (χ1v) is 7.51. The molecule has 0 saturated heterocycles. The number of hydrogen-bond acceptors (Lipinski definition) is 5. The highest BCUT2D eigenvalue weighted by atomic mass is 16.5. The van der Waals surface area contributed by atoms with E-state index in [4.69, 9.17) is 4.74 Å². The third-order valence-electron chi connectivity index (χ3n) is 3.06. The van der Waals surface area contributed by atoms with Crippen molar-refractivity contribution in [3.8, 4) is 0 Å². The summed E-state index contributed by atoms with van der Waals surface area (Å²) in [4.78, 5) is 27.9. The number of amides is 1. The van der Waals surface area contributed by atoms with E-state index >= 15 is 0 Å². The van der Waals surface area contributed by atoms with Crippen molar-refractivity contribution >= 4 is 23.3 Å². The van der Waals surface area contributed by atoms with E-state index in [-0.39, 0.29) is 11.4 Å². The van der Waals surface area contributed by atoms with Gasteiger partial charge >= 0.3 is 5.97 Å². The molecule has 2 N–H and O–H groups in total. The van der Waals surface area contributed by atoms with Crippen molar-refractivity contribution < 1.29 is 14.3 Å². The van der Waals surface area contributed by atoms with Crippen LogP contribution in [0.4, 0.5) is 11.4 Å². The SMILES string of the molecule is COC(=O)c1cccc(Nc2cncc(C(=O)NC(C)(C)C)c2)c1. The molecule has 0 atom stereocenters. The number of ether oxygens (including phenoxy) is 1. The predicted molar refractivity (Wildman–Crippen MR) is 92.5 cm³/mol. The maximum atomic E-state index is 12.2. The normalized spacial score (nSPS) is 10.8. The molecule has 1 aromatic carbocycles. The summed E-state index contributed by atoms with van der Waals surface area (Å²) in [5.74, 6) is -0.600. The number of nitrogens with zero attached hydrogens (tertiary/aromatic N) is 1. The number of esters is 1. The largest absolute Gasteiger partial charge is 0.465 e. The third-order valence-corrected chi connectivity index (χ3v) is 3.06. The third kappa shape index (κ3) is 4.81. The minimum Gasteiger partial charge on any atom is -0.465 e. The van der Waals surface area contributed by atoms with Gasteiger partial charge in [0.25, 0.3) is 5.91 Å². The van der Waals surface area contributed by atoms with Gasteiger partial charge in [0.05, 0.1) is 30.1 Å². The zero-order chi connectivity index (χ0) is 17.7. The zero-order valence-electron chi connectivity index (χ0n) is 14.2. The van der Waals surface area contributed by atoms with Gasteiger partial charge in [-0.2, -0.15) is 0 Å². The standard InChI is InChI=1S/C18H21N3O3/c1-18(2,3)21-16(22)13-9-15(11-19-10-13)20-14-7-5-6-12(8-14)17(23)24-4/h5-11,20H,1-4H3,(H,21,22). The predicted octanol–water partition coefficient (Wildman–Crippen LogP) is 3.14. The lowest BCUT2D eigenvalue weighted by Crippen LogP contribution is -2.40. The molecule has 24 heavy (non-hydrogen) atoms. The van der Waals surface area contributed by atoms with Crippen molar-refractivity contribution in [1.82, 2.24) is 10.3 Å². The van der Waals surface area contributed by atoms with Crippen LogP contribution in [0.25, 0.3) is 0 Å². The second-order valence-corrected chi connectivity index (χ2v) is 6.36. The van der Waals surface area contributed by atoms with Crippen LogP contribution in [-0.4, -0.2) is 29.5 Å². The van der Waals surface area contributed by atoms with Crippen LogP contribution in [0.2, 0.25) is 0 Å². The van der Waals surface area contributed by atoms with Gasteiger partial charge in [0.1, 0.15) is 0 Å². The van der Waals surface area contributed by atoms with Crippen LogP contribution in [-0.2, 0) is 4.74 Å². The maximum Gasteiger partial charge on any atom is 0.337 e. The number of hydrogen-bond donors (Lipinski definition) is 2. The number of rotatable bonds is 4. The molecule has 0 unspecified atom stereocenters. The van der Waals surface area contributed by atoms with Gasteiger partial charge < -0.3 is 15.4 Å². The van der Waals surface area contributed by atoms with E-state index in [1.165, 1.54) is 13.3 Å². The quantitative estimate of drug-likeness (QED) is 0.843. The molecule has 0 spiro atoms. The van der Waals surface area contributed by atoms with Gasteiger partial charge in [-0.05, 0) is 45.0 Å². The van der Waals surface area contributed by atoms with Crippen LogP contribution < -0.4 is 10.6 Å². The number of anilines is 2. The Morgan fingerprint density at radius 3 is 2.42 bits per heavy atom. The first-order valence-electron chi connectivity index (χ1n) is 7.51. The number of carbonyl (C=O) groups excluding carboxylic acids is 2. The number of benzene rings is 1. The Hall–Kier alpha value is -2.89. The van der Waals surface area contributed by atoms with Gasteiger partial charge in [-0.3, -0.25) is 9.78 Å². The lowest BCUT2D eigenvalue weighted by molar-refractivity contribution is 0.0600. The smallest absolute Gasteiger partial charge is 0.337 e. The summed E-state index contributed by atoms with van der Waals surface area (Å²) >= 11 is 0. The van der Waals surface area contributed by atoms with E-state index in [0.717, 1.165) is 0 Å². The number of methoxy groups -OCH3 is 1. The topological polar surface area (TPSA) is 80.3 Å². The molecule has 0 radical (unpaired) electrons. The molecule has 2 aromatic rings. The number of pyridine rings is 1. The number of carbonyl (C=O) groups is 2.